The van der Waals surface area contributed by atoms with Gasteiger partial charge in [0.25, 0.3) is 0 Å². The van der Waals surface area contributed by atoms with E-state index in [4.69, 9.17) is 17.3 Å². The van der Waals surface area contributed by atoms with Crippen LogP contribution in [-0.2, 0) is 0 Å². The first-order valence-electron chi connectivity index (χ1n) is 5.71. The van der Waals surface area contributed by atoms with E-state index in [2.05, 4.69) is 54.7 Å². The molecule has 1 rings (SSSR count). The number of hydrogen-bond donors (Lipinski definition) is 1. The number of thiophene rings is 1. The van der Waals surface area contributed by atoms with Crippen LogP contribution in [0, 0.1) is 0 Å². The molecule has 0 fully saturated rings. The highest BCUT2D eigenvalue weighted by molar-refractivity contribution is 9.10. The first kappa shape index (κ1) is 15.4. The molecule has 0 spiro atoms. The Morgan fingerprint density at radius 2 is 2.18 bits per heavy atom. The van der Waals surface area contributed by atoms with E-state index < -0.39 is 0 Å². The number of halogens is 2. The topological polar surface area (TPSA) is 29.3 Å². The fourth-order valence-corrected chi connectivity index (χ4v) is 3.56. The van der Waals surface area contributed by atoms with Crippen LogP contribution in [0.3, 0.4) is 0 Å². The van der Waals surface area contributed by atoms with Crippen molar-refractivity contribution in [3.05, 3.63) is 19.8 Å². The van der Waals surface area contributed by atoms with Gasteiger partial charge in [-0.25, -0.2) is 0 Å². The van der Waals surface area contributed by atoms with Crippen molar-refractivity contribution in [2.75, 3.05) is 13.6 Å². The number of rotatable bonds is 5. The highest BCUT2D eigenvalue weighted by Crippen LogP contribution is 2.38. The van der Waals surface area contributed by atoms with Gasteiger partial charge in [0.05, 0.1) is 6.04 Å². The molecule has 0 aliphatic carbocycles. The molecule has 0 saturated heterocycles. The van der Waals surface area contributed by atoms with Crippen molar-refractivity contribution < 1.29 is 0 Å². The SMILES string of the molecule is CCC(C)(C)N(C)C(CN)c1cc(Br)c(Cl)s1. The molecule has 98 valence electrons. The molecule has 5 heteroatoms. The summed E-state index contributed by atoms with van der Waals surface area (Å²) in [4.78, 5) is 3.55. The fourth-order valence-electron chi connectivity index (χ4n) is 1.66. The maximum Gasteiger partial charge on any atom is 0.107 e. The summed E-state index contributed by atoms with van der Waals surface area (Å²) in [5, 5.41) is 0. The van der Waals surface area contributed by atoms with Crippen LogP contribution >= 0.6 is 38.9 Å². The van der Waals surface area contributed by atoms with Gasteiger partial charge in [0, 0.05) is 21.4 Å². The Labute approximate surface area is 121 Å². The van der Waals surface area contributed by atoms with Crippen LogP contribution < -0.4 is 5.73 Å². The minimum Gasteiger partial charge on any atom is -0.329 e. The normalized spacial score (nSPS) is 14.4. The van der Waals surface area contributed by atoms with Crippen molar-refractivity contribution in [3.8, 4) is 0 Å². The third-order valence-electron chi connectivity index (χ3n) is 3.50. The lowest BCUT2D eigenvalue weighted by atomic mass is 9.97. The summed E-state index contributed by atoms with van der Waals surface area (Å²) >= 11 is 11.1. The summed E-state index contributed by atoms with van der Waals surface area (Å²) < 4.78 is 1.75. The summed E-state index contributed by atoms with van der Waals surface area (Å²) in [6.07, 6.45) is 1.08. The van der Waals surface area contributed by atoms with Crippen molar-refractivity contribution in [2.24, 2.45) is 5.73 Å². The molecular formula is C12H20BrClN2S. The number of nitrogens with two attached hydrogens (primary N) is 1. The molecule has 0 saturated carbocycles. The molecule has 0 aromatic carbocycles. The lowest BCUT2D eigenvalue weighted by Gasteiger charge is -2.40. The Kier molecular flexibility index (Phi) is 5.47. The van der Waals surface area contributed by atoms with Crippen LogP contribution in [0.4, 0.5) is 0 Å². The quantitative estimate of drug-likeness (QED) is 0.867. The maximum atomic E-state index is 6.10. The molecule has 2 N–H and O–H groups in total. The first-order valence-corrected chi connectivity index (χ1v) is 7.70. The van der Waals surface area contributed by atoms with Crippen LogP contribution in [0.1, 0.15) is 38.1 Å². The third kappa shape index (κ3) is 3.44. The molecule has 1 heterocycles. The van der Waals surface area contributed by atoms with Crippen molar-refractivity contribution in [1.82, 2.24) is 4.90 Å². The second-order valence-electron chi connectivity index (χ2n) is 4.80. The van der Waals surface area contributed by atoms with Crippen molar-refractivity contribution in [3.63, 3.8) is 0 Å². The Balaban J connectivity index is 2.99. The zero-order chi connectivity index (χ0) is 13.2. The minimum atomic E-state index is 0.132. The molecule has 0 bridgehead atoms. The molecule has 1 unspecified atom stereocenters. The summed E-state index contributed by atoms with van der Waals surface area (Å²) in [5.41, 5.74) is 6.05. The van der Waals surface area contributed by atoms with E-state index in [1.807, 2.05) is 0 Å². The Morgan fingerprint density at radius 3 is 2.53 bits per heavy atom. The first-order chi connectivity index (χ1) is 7.83. The lowest BCUT2D eigenvalue weighted by Crippen LogP contribution is -2.45. The highest BCUT2D eigenvalue weighted by atomic mass is 79.9. The van der Waals surface area contributed by atoms with E-state index in [1.54, 1.807) is 11.3 Å². The Hall–Kier alpha value is 0.390. The van der Waals surface area contributed by atoms with E-state index in [9.17, 15) is 0 Å². The van der Waals surface area contributed by atoms with Gasteiger partial charge in [-0.15, -0.1) is 11.3 Å². The largest absolute Gasteiger partial charge is 0.329 e. The zero-order valence-corrected chi connectivity index (χ0v) is 13.9. The maximum absolute atomic E-state index is 6.10. The predicted octanol–water partition coefficient (Wildman–Crippen LogP) is 4.28. The van der Waals surface area contributed by atoms with Gasteiger partial charge in [-0.3, -0.25) is 4.90 Å². The Morgan fingerprint density at radius 1 is 1.59 bits per heavy atom. The van der Waals surface area contributed by atoms with Crippen molar-refractivity contribution in [2.45, 2.75) is 38.8 Å². The number of likely N-dealkylation sites (N-methyl/N-ethyl adjacent to an activating group) is 1. The lowest BCUT2D eigenvalue weighted by molar-refractivity contribution is 0.102. The molecule has 2 nitrogen and oxygen atoms in total. The van der Waals surface area contributed by atoms with E-state index in [0.29, 0.717) is 6.54 Å². The molecule has 0 radical (unpaired) electrons. The molecule has 0 aliphatic heterocycles. The van der Waals surface area contributed by atoms with Crippen molar-refractivity contribution >= 4 is 38.9 Å². The number of nitrogens with zero attached hydrogens (tertiary/aromatic N) is 1. The zero-order valence-electron chi connectivity index (χ0n) is 10.8. The second kappa shape index (κ2) is 6.02. The monoisotopic (exact) mass is 338 g/mol. The van der Waals surface area contributed by atoms with E-state index in [0.717, 1.165) is 15.2 Å². The summed E-state index contributed by atoms with van der Waals surface area (Å²) in [6.45, 7) is 7.27. The van der Waals surface area contributed by atoms with Gasteiger partial charge in [-0.05, 0) is 49.3 Å². The smallest absolute Gasteiger partial charge is 0.107 e. The van der Waals surface area contributed by atoms with Gasteiger partial charge < -0.3 is 5.73 Å². The molecule has 17 heavy (non-hydrogen) atoms. The average molecular weight is 340 g/mol. The summed E-state index contributed by atoms with van der Waals surface area (Å²) in [7, 11) is 2.13. The van der Waals surface area contributed by atoms with Crippen LogP contribution in [0.15, 0.2) is 10.5 Å². The van der Waals surface area contributed by atoms with Crippen molar-refractivity contribution in [1.29, 1.82) is 0 Å². The molecule has 1 aromatic rings. The van der Waals surface area contributed by atoms with Gasteiger partial charge in [0.1, 0.15) is 4.34 Å². The van der Waals surface area contributed by atoms with Crippen LogP contribution in [0.25, 0.3) is 0 Å². The van der Waals surface area contributed by atoms with Gasteiger partial charge in [0.2, 0.25) is 0 Å². The molecule has 1 atom stereocenters. The minimum absolute atomic E-state index is 0.132. The van der Waals surface area contributed by atoms with E-state index >= 15 is 0 Å². The molecular weight excluding hydrogens is 320 g/mol. The standard InChI is InChI=1S/C12H20BrClN2S/c1-5-12(2,3)16(4)9(7-15)10-6-8(13)11(14)17-10/h6,9H,5,7,15H2,1-4H3. The van der Waals surface area contributed by atoms with Crippen LogP contribution in [0.2, 0.25) is 4.34 Å². The van der Waals surface area contributed by atoms with Gasteiger partial charge in [-0.1, -0.05) is 18.5 Å². The summed E-state index contributed by atoms with van der Waals surface area (Å²) in [5.74, 6) is 0. The van der Waals surface area contributed by atoms with E-state index in [-0.39, 0.29) is 11.6 Å². The third-order valence-corrected chi connectivity index (χ3v) is 6.08. The van der Waals surface area contributed by atoms with Gasteiger partial charge in [-0.2, -0.15) is 0 Å². The Bertz CT molecular complexity index is 359. The molecule has 0 aliphatic rings. The summed E-state index contributed by atoms with van der Waals surface area (Å²) in [6, 6.07) is 2.30. The predicted molar refractivity (Wildman–Crippen MR) is 81.0 cm³/mol. The molecule has 0 amide bonds. The highest BCUT2D eigenvalue weighted by Gasteiger charge is 2.29. The van der Waals surface area contributed by atoms with Gasteiger partial charge in [0.15, 0.2) is 0 Å². The van der Waals surface area contributed by atoms with Gasteiger partial charge >= 0.3 is 0 Å². The second-order valence-corrected chi connectivity index (χ2v) is 7.34. The van der Waals surface area contributed by atoms with E-state index in [1.165, 1.54) is 4.88 Å². The van der Waals surface area contributed by atoms with Crippen LogP contribution in [-0.4, -0.2) is 24.0 Å². The number of hydrogen-bond acceptors (Lipinski definition) is 3. The van der Waals surface area contributed by atoms with Crippen LogP contribution in [0.5, 0.6) is 0 Å². The average Bonchev–Trinajstić information content (AvgIpc) is 2.60. The fraction of sp³-hybridized carbons (Fsp3) is 0.667. The molecule has 1 aromatic heterocycles.